The maximum atomic E-state index is 13.1. The van der Waals surface area contributed by atoms with Crippen molar-refractivity contribution in [1.29, 1.82) is 0 Å². The standard InChI is InChI=1S/C23H30N2O4/c1-3-16-5-4-6-19(8-16)24-20(27)13-29-21(28)22-9-17-7-18(10-22)12-23(11-17,14-22)25-15(2)26/h4-6,8,17-18H,3,7,9-14H2,1-2H3,(H,24,27)(H,25,26)/t17-,18-,22?,23?/m1/s1. The lowest BCUT2D eigenvalue weighted by Gasteiger charge is -2.60. The van der Waals surface area contributed by atoms with Gasteiger partial charge in [0, 0.05) is 18.2 Å². The molecule has 156 valence electrons. The Morgan fingerprint density at radius 1 is 1.14 bits per heavy atom. The lowest BCUT2D eigenvalue weighted by molar-refractivity contribution is -0.176. The number of amides is 2. The Hall–Kier alpha value is -2.37. The molecule has 2 N–H and O–H groups in total. The van der Waals surface area contributed by atoms with Crippen molar-refractivity contribution in [3.05, 3.63) is 29.8 Å². The number of carbonyl (C=O) groups excluding carboxylic acids is 3. The minimum absolute atomic E-state index is 0.0378. The highest BCUT2D eigenvalue weighted by Gasteiger charge is 2.61. The molecule has 0 aromatic heterocycles. The van der Waals surface area contributed by atoms with Crippen LogP contribution in [0.4, 0.5) is 5.69 Å². The van der Waals surface area contributed by atoms with E-state index in [9.17, 15) is 14.4 Å². The van der Waals surface area contributed by atoms with E-state index < -0.39 is 5.41 Å². The molecule has 6 nitrogen and oxygen atoms in total. The van der Waals surface area contributed by atoms with Gasteiger partial charge in [0.25, 0.3) is 5.91 Å². The van der Waals surface area contributed by atoms with Crippen LogP contribution in [0.15, 0.2) is 24.3 Å². The molecular formula is C23H30N2O4. The average Bonchev–Trinajstić information content (AvgIpc) is 2.64. The zero-order chi connectivity index (χ0) is 20.6. The molecule has 29 heavy (non-hydrogen) atoms. The monoisotopic (exact) mass is 398 g/mol. The van der Waals surface area contributed by atoms with Gasteiger partial charge >= 0.3 is 5.97 Å². The molecule has 0 spiro atoms. The highest BCUT2D eigenvalue weighted by Crippen LogP contribution is 2.62. The molecule has 1 aromatic rings. The minimum atomic E-state index is -0.561. The quantitative estimate of drug-likeness (QED) is 0.721. The van der Waals surface area contributed by atoms with E-state index in [4.69, 9.17) is 4.74 Å². The van der Waals surface area contributed by atoms with Gasteiger partial charge in [-0.25, -0.2) is 0 Å². The maximum Gasteiger partial charge on any atom is 0.312 e. The van der Waals surface area contributed by atoms with Crippen LogP contribution in [0.25, 0.3) is 0 Å². The summed E-state index contributed by atoms with van der Waals surface area (Å²) in [5.74, 6) is 0.248. The van der Waals surface area contributed by atoms with Crippen LogP contribution >= 0.6 is 0 Å². The highest BCUT2D eigenvalue weighted by molar-refractivity contribution is 5.93. The van der Waals surface area contributed by atoms with Crippen molar-refractivity contribution in [3.63, 3.8) is 0 Å². The zero-order valence-corrected chi connectivity index (χ0v) is 17.3. The highest BCUT2D eigenvalue weighted by atomic mass is 16.5. The predicted octanol–water partition coefficient (Wildman–Crippen LogP) is 3.21. The molecular weight excluding hydrogens is 368 g/mol. The van der Waals surface area contributed by atoms with Crippen molar-refractivity contribution < 1.29 is 19.1 Å². The van der Waals surface area contributed by atoms with Gasteiger partial charge in [-0.1, -0.05) is 19.1 Å². The van der Waals surface area contributed by atoms with E-state index >= 15 is 0 Å². The van der Waals surface area contributed by atoms with Crippen LogP contribution < -0.4 is 10.6 Å². The fraction of sp³-hybridized carbons (Fsp3) is 0.609. The summed E-state index contributed by atoms with van der Waals surface area (Å²) in [5.41, 5.74) is 1.01. The number of benzene rings is 1. The number of rotatable bonds is 6. The van der Waals surface area contributed by atoms with Crippen LogP contribution in [-0.2, 0) is 25.5 Å². The first-order valence-electron chi connectivity index (χ1n) is 10.7. The van der Waals surface area contributed by atoms with Gasteiger partial charge in [0.1, 0.15) is 0 Å². The fourth-order valence-corrected chi connectivity index (χ4v) is 6.37. The molecule has 0 heterocycles. The van der Waals surface area contributed by atoms with E-state index in [2.05, 4.69) is 17.6 Å². The number of hydrogen-bond acceptors (Lipinski definition) is 4. The van der Waals surface area contributed by atoms with Crippen LogP contribution in [-0.4, -0.2) is 29.9 Å². The van der Waals surface area contributed by atoms with Crippen LogP contribution in [0.5, 0.6) is 0 Å². The summed E-state index contributed by atoms with van der Waals surface area (Å²) in [5, 5.41) is 5.96. The van der Waals surface area contributed by atoms with Gasteiger partial charge in [-0.15, -0.1) is 0 Å². The summed E-state index contributed by atoms with van der Waals surface area (Å²) in [4.78, 5) is 37.1. The number of ether oxygens (including phenoxy) is 1. The third-order valence-electron chi connectivity index (χ3n) is 6.89. The van der Waals surface area contributed by atoms with Crippen molar-refractivity contribution in [1.82, 2.24) is 5.32 Å². The number of anilines is 1. The lowest BCUT2D eigenvalue weighted by atomic mass is 9.47. The zero-order valence-electron chi connectivity index (χ0n) is 17.3. The molecule has 5 rings (SSSR count). The van der Waals surface area contributed by atoms with Gasteiger partial charge in [-0.2, -0.15) is 0 Å². The van der Waals surface area contributed by atoms with Crippen molar-refractivity contribution in [3.8, 4) is 0 Å². The van der Waals surface area contributed by atoms with Gasteiger partial charge in [-0.05, 0) is 74.5 Å². The number of nitrogens with one attached hydrogen (secondary N) is 2. The topological polar surface area (TPSA) is 84.5 Å². The van der Waals surface area contributed by atoms with E-state index in [1.807, 2.05) is 24.3 Å². The summed E-state index contributed by atoms with van der Waals surface area (Å²) < 4.78 is 5.50. The number of esters is 1. The van der Waals surface area contributed by atoms with E-state index in [1.165, 1.54) is 0 Å². The Morgan fingerprint density at radius 2 is 1.86 bits per heavy atom. The molecule has 6 heteroatoms. The molecule has 0 aliphatic heterocycles. The Morgan fingerprint density at radius 3 is 2.52 bits per heavy atom. The van der Waals surface area contributed by atoms with Crippen LogP contribution in [0, 0.1) is 17.3 Å². The summed E-state index contributed by atoms with van der Waals surface area (Å²) in [7, 11) is 0. The first kappa shape index (κ1) is 19.9. The molecule has 0 radical (unpaired) electrons. The lowest BCUT2D eigenvalue weighted by Crippen LogP contribution is -2.64. The van der Waals surface area contributed by atoms with Crippen molar-refractivity contribution in [2.24, 2.45) is 17.3 Å². The van der Waals surface area contributed by atoms with E-state index in [0.717, 1.165) is 44.1 Å². The van der Waals surface area contributed by atoms with Crippen LogP contribution in [0.1, 0.15) is 57.9 Å². The Kier molecular flexibility index (Phi) is 5.13. The largest absolute Gasteiger partial charge is 0.455 e. The average molecular weight is 399 g/mol. The van der Waals surface area contributed by atoms with Gasteiger partial charge in [0.15, 0.2) is 6.61 Å². The van der Waals surface area contributed by atoms with Gasteiger partial charge in [0.2, 0.25) is 5.91 Å². The summed E-state index contributed by atoms with van der Waals surface area (Å²) in [6.07, 6.45) is 6.17. The molecule has 0 saturated heterocycles. The van der Waals surface area contributed by atoms with E-state index in [-0.39, 0.29) is 29.9 Å². The molecule has 4 aliphatic rings. The maximum absolute atomic E-state index is 13.1. The van der Waals surface area contributed by atoms with Crippen molar-refractivity contribution >= 4 is 23.5 Å². The van der Waals surface area contributed by atoms with Gasteiger partial charge in [-0.3, -0.25) is 14.4 Å². The van der Waals surface area contributed by atoms with Gasteiger partial charge in [0.05, 0.1) is 5.41 Å². The summed E-state index contributed by atoms with van der Waals surface area (Å²) in [6, 6.07) is 7.66. The summed E-state index contributed by atoms with van der Waals surface area (Å²) in [6.45, 7) is 3.32. The number of aryl methyl sites for hydroxylation is 1. The number of carbonyl (C=O) groups is 3. The van der Waals surface area contributed by atoms with E-state index in [0.29, 0.717) is 23.9 Å². The molecule has 2 atom stereocenters. The molecule has 4 saturated carbocycles. The van der Waals surface area contributed by atoms with Crippen molar-refractivity contribution in [2.75, 3.05) is 11.9 Å². The fourth-order valence-electron chi connectivity index (χ4n) is 6.37. The third kappa shape index (κ3) is 4.02. The molecule has 4 aliphatic carbocycles. The second kappa shape index (κ2) is 7.47. The Balaban J connectivity index is 1.39. The molecule has 2 amide bonds. The number of hydrogen-bond donors (Lipinski definition) is 2. The van der Waals surface area contributed by atoms with Crippen LogP contribution in [0.2, 0.25) is 0 Å². The second-order valence-electron chi connectivity index (χ2n) is 9.38. The summed E-state index contributed by atoms with van der Waals surface area (Å²) >= 11 is 0. The normalized spacial score (nSPS) is 31.9. The Bertz CT molecular complexity index is 820. The van der Waals surface area contributed by atoms with Gasteiger partial charge < -0.3 is 15.4 Å². The molecule has 1 aromatic carbocycles. The molecule has 0 unspecified atom stereocenters. The molecule has 4 bridgehead atoms. The second-order valence-corrected chi connectivity index (χ2v) is 9.38. The first-order valence-corrected chi connectivity index (χ1v) is 10.7. The van der Waals surface area contributed by atoms with Crippen LogP contribution in [0.3, 0.4) is 0 Å². The minimum Gasteiger partial charge on any atom is -0.455 e. The predicted molar refractivity (Wildman–Crippen MR) is 109 cm³/mol. The smallest absolute Gasteiger partial charge is 0.312 e. The third-order valence-corrected chi connectivity index (χ3v) is 6.89. The Labute approximate surface area is 171 Å². The van der Waals surface area contributed by atoms with E-state index in [1.54, 1.807) is 6.92 Å². The van der Waals surface area contributed by atoms with Crippen molar-refractivity contribution in [2.45, 2.75) is 64.3 Å². The SMILES string of the molecule is CCc1cccc(NC(=O)COC(=O)C23C[C@H]4C[C@@H](CC(NC(C)=O)(C4)C2)C3)c1. The first-order chi connectivity index (χ1) is 13.8. The molecule has 4 fully saturated rings.